The van der Waals surface area contributed by atoms with Gasteiger partial charge in [-0.25, -0.2) is 0 Å². The third-order valence-corrected chi connectivity index (χ3v) is 4.45. The van der Waals surface area contributed by atoms with Crippen molar-refractivity contribution in [3.8, 4) is 6.07 Å². The number of rotatable bonds is 3. The maximum atomic E-state index is 10.9. The molecule has 1 aliphatic heterocycles. The van der Waals surface area contributed by atoms with Gasteiger partial charge in [0.15, 0.2) is 0 Å². The van der Waals surface area contributed by atoms with Gasteiger partial charge >= 0.3 is 0 Å². The Hall–Kier alpha value is -2.78. The lowest BCUT2D eigenvalue weighted by molar-refractivity contribution is -0.385. The van der Waals surface area contributed by atoms with Gasteiger partial charge < -0.3 is 9.80 Å². The topological polar surface area (TPSA) is 73.4 Å². The van der Waals surface area contributed by atoms with Crippen molar-refractivity contribution in [2.24, 2.45) is 0 Å². The number of anilines is 2. The molecule has 24 heavy (non-hydrogen) atoms. The van der Waals surface area contributed by atoms with Gasteiger partial charge in [0, 0.05) is 37.9 Å². The zero-order valence-electron chi connectivity index (χ0n) is 12.9. The number of nitro groups is 1. The van der Waals surface area contributed by atoms with Gasteiger partial charge in [0.2, 0.25) is 0 Å². The minimum Gasteiger partial charge on any atom is -0.368 e. The fourth-order valence-electron chi connectivity index (χ4n) is 2.88. The first-order valence-corrected chi connectivity index (χ1v) is 7.91. The molecule has 0 amide bonds. The zero-order valence-corrected chi connectivity index (χ0v) is 13.6. The van der Waals surface area contributed by atoms with Crippen molar-refractivity contribution in [3.05, 3.63) is 63.2 Å². The number of hydrogen-bond donors (Lipinski definition) is 0. The van der Waals surface area contributed by atoms with E-state index in [1.54, 1.807) is 12.1 Å². The molecule has 0 saturated carbocycles. The Balaban J connectivity index is 1.74. The molecule has 0 aromatic heterocycles. The van der Waals surface area contributed by atoms with Gasteiger partial charge in [-0.1, -0.05) is 23.7 Å². The van der Waals surface area contributed by atoms with Crippen molar-refractivity contribution in [1.29, 1.82) is 5.26 Å². The Morgan fingerprint density at radius 2 is 1.75 bits per heavy atom. The first-order chi connectivity index (χ1) is 11.6. The molecular formula is C17H15ClN4O2. The summed E-state index contributed by atoms with van der Waals surface area (Å²) in [6.45, 7) is 3.10. The summed E-state index contributed by atoms with van der Waals surface area (Å²) in [5, 5.41) is 20.8. The molecular weight excluding hydrogens is 328 g/mol. The highest BCUT2D eigenvalue weighted by Crippen LogP contribution is 2.29. The molecule has 0 radical (unpaired) electrons. The highest BCUT2D eigenvalue weighted by molar-refractivity contribution is 6.33. The predicted molar refractivity (Wildman–Crippen MR) is 93.7 cm³/mol. The van der Waals surface area contributed by atoms with Crippen LogP contribution in [-0.4, -0.2) is 31.1 Å². The Morgan fingerprint density at radius 3 is 2.38 bits per heavy atom. The summed E-state index contributed by atoms with van der Waals surface area (Å²) in [6, 6.07) is 14.3. The van der Waals surface area contributed by atoms with E-state index in [1.165, 1.54) is 6.07 Å². The largest absolute Gasteiger partial charge is 0.368 e. The molecule has 0 N–H and O–H groups in total. The summed E-state index contributed by atoms with van der Waals surface area (Å²) < 4.78 is 0. The molecule has 0 atom stereocenters. The molecule has 0 aliphatic carbocycles. The number of piperazine rings is 1. The Labute approximate surface area is 144 Å². The van der Waals surface area contributed by atoms with Crippen LogP contribution in [0.15, 0.2) is 42.5 Å². The minimum atomic E-state index is -0.530. The van der Waals surface area contributed by atoms with Gasteiger partial charge in [-0.3, -0.25) is 10.1 Å². The van der Waals surface area contributed by atoms with E-state index in [0.717, 1.165) is 42.6 Å². The minimum absolute atomic E-state index is 0.0889. The average molecular weight is 343 g/mol. The van der Waals surface area contributed by atoms with Crippen molar-refractivity contribution >= 4 is 28.7 Å². The highest BCUT2D eigenvalue weighted by Gasteiger charge is 2.21. The molecule has 0 spiro atoms. The molecule has 1 aliphatic rings. The number of nitriles is 1. The van der Waals surface area contributed by atoms with Crippen LogP contribution in [0.4, 0.5) is 17.1 Å². The summed E-state index contributed by atoms with van der Waals surface area (Å²) in [5.41, 5.74) is 1.78. The van der Waals surface area contributed by atoms with Gasteiger partial charge in [0.05, 0.1) is 15.6 Å². The van der Waals surface area contributed by atoms with E-state index in [0.29, 0.717) is 0 Å². The van der Waals surface area contributed by atoms with Crippen LogP contribution in [0.25, 0.3) is 0 Å². The summed E-state index contributed by atoms with van der Waals surface area (Å²) in [5.74, 6) is 0. The maximum Gasteiger partial charge on any atom is 0.287 e. The molecule has 3 rings (SSSR count). The van der Waals surface area contributed by atoms with Crippen LogP contribution in [0.1, 0.15) is 5.56 Å². The molecule has 0 unspecified atom stereocenters. The van der Waals surface area contributed by atoms with E-state index >= 15 is 0 Å². The molecule has 0 bridgehead atoms. The Kier molecular flexibility index (Phi) is 4.54. The van der Waals surface area contributed by atoms with Crippen molar-refractivity contribution < 1.29 is 4.92 Å². The smallest absolute Gasteiger partial charge is 0.287 e. The van der Waals surface area contributed by atoms with Crippen molar-refractivity contribution in [2.75, 3.05) is 36.0 Å². The standard InChI is InChI=1S/C17H15ClN4O2/c18-15-3-1-2-4-17(15)21-9-7-20(8-10-21)14-5-6-16(22(23)24)13(11-14)12-19/h1-6,11H,7-10H2. The molecule has 2 aromatic carbocycles. The van der Waals surface area contributed by atoms with E-state index in [9.17, 15) is 10.1 Å². The Bertz CT molecular complexity index is 810. The summed E-state index contributed by atoms with van der Waals surface area (Å²) in [7, 11) is 0. The summed E-state index contributed by atoms with van der Waals surface area (Å²) in [4.78, 5) is 14.7. The molecule has 1 fully saturated rings. The van der Waals surface area contributed by atoms with Gasteiger partial charge in [0.25, 0.3) is 5.69 Å². The van der Waals surface area contributed by atoms with Crippen LogP contribution in [-0.2, 0) is 0 Å². The third kappa shape index (κ3) is 3.12. The first-order valence-electron chi connectivity index (χ1n) is 7.53. The Morgan fingerprint density at radius 1 is 1.08 bits per heavy atom. The molecule has 7 heteroatoms. The summed E-state index contributed by atoms with van der Waals surface area (Å²) in [6.07, 6.45) is 0. The lowest BCUT2D eigenvalue weighted by Crippen LogP contribution is -2.46. The lowest BCUT2D eigenvalue weighted by Gasteiger charge is -2.37. The van der Waals surface area contributed by atoms with E-state index in [4.69, 9.17) is 16.9 Å². The molecule has 2 aromatic rings. The second-order valence-corrected chi connectivity index (χ2v) is 5.90. The maximum absolute atomic E-state index is 10.9. The number of halogens is 1. The number of nitrogens with zero attached hydrogens (tertiary/aromatic N) is 4. The van der Waals surface area contributed by atoms with Gasteiger partial charge in [0.1, 0.15) is 11.6 Å². The zero-order chi connectivity index (χ0) is 17.1. The van der Waals surface area contributed by atoms with E-state index < -0.39 is 4.92 Å². The number of hydrogen-bond acceptors (Lipinski definition) is 5. The van der Waals surface area contributed by atoms with Crippen LogP contribution < -0.4 is 9.80 Å². The number of benzene rings is 2. The van der Waals surface area contributed by atoms with Crippen LogP contribution >= 0.6 is 11.6 Å². The second kappa shape index (κ2) is 6.77. The fourth-order valence-corrected chi connectivity index (χ4v) is 3.14. The molecule has 1 heterocycles. The predicted octanol–water partition coefficient (Wildman–Crippen LogP) is 3.45. The SMILES string of the molecule is N#Cc1cc(N2CCN(c3ccccc3Cl)CC2)ccc1[N+](=O)[O-]. The molecule has 122 valence electrons. The van der Waals surface area contributed by atoms with Crippen molar-refractivity contribution in [1.82, 2.24) is 0 Å². The van der Waals surface area contributed by atoms with Crippen molar-refractivity contribution in [3.63, 3.8) is 0 Å². The normalized spacial score (nSPS) is 14.3. The van der Waals surface area contributed by atoms with Crippen LogP contribution in [0.2, 0.25) is 5.02 Å². The number of para-hydroxylation sites is 1. The van der Waals surface area contributed by atoms with Crippen molar-refractivity contribution in [2.45, 2.75) is 0 Å². The van der Waals surface area contributed by atoms with E-state index in [-0.39, 0.29) is 11.3 Å². The van der Waals surface area contributed by atoms with Gasteiger partial charge in [-0.2, -0.15) is 5.26 Å². The van der Waals surface area contributed by atoms with E-state index in [1.807, 2.05) is 30.3 Å². The third-order valence-electron chi connectivity index (χ3n) is 4.14. The van der Waals surface area contributed by atoms with Crippen LogP contribution in [0, 0.1) is 21.4 Å². The molecule has 6 nitrogen and oxygen atoms in total. The van der Waals surface area contributed by atoms with Crippen LogP contribution in [0.3, 0.4) is 0 Å². The van der Waals surface area contributed by atoms with Crippen LogP contribution in [0.5, 0.6) is 0 Å². The molecule has 1 saturated heterocycles. The van der Waals surface area contributed by atoms with Gasteiger partial charge in [-0.15, -0.1) is 0 Å². The first kappa shape index (κ1) is 16.1. The quantitative estimate of drug-likeness (QED) is 0.631. The average Bonchev–Trinajstić information content (AvgIpc) is 2.61. The lowest BCUT2D eigenvalue weighted by atomic mass is 10.1. The number of nitro benzene ring substituents is 1. The second-order valence-electron chi connectivity index (χ2n) is 5.50. The van der Waals surface area contributed by atoms with E-state index in [2.05, 4.69) is 9.80 Å². The summed E-state index contributed by atoms with van der Waals surface area (Å²) >= 11 is 6.24. The monoisotopic (exact) mass is 342 g/mol. The van der Waals surface area contributed by atoms with Gasteiger partial charge in [-0.05, 0) is 24.3 Å². The highest BCUT2D eigenvalue weighted by atomic mass is 35.5. The fraction of sp³-hybridized carbons (Fsp3) is 0.235.